The minimum atomic E-state index is -1.72. The molecule has 0 aliphatic heterocycles. The van der Waals surface area contributed by atoms with E-state index in [1.54, 1.807) is 79.2 Å². The van der Waals surface area contributed by atoms with E-state index in [1.807, 2.05) is 6.07 Å². The molecule has 8 nitrogen and oxygen atoms in total. The fourth-order valence-electron chi connectivity index (χ4n) is 4.73. The second-order valence-electron chi connectivity index (χ2n) is 9.01. The summed E-state index contributed by atoms with van der Waals surface area (Å²) in [6, 6.07) is 20.6. The van der Waals surface area contributed by atoms with Gasteiger partial charge in [-0.2, -0.15) is 0 Å². The van der Waals surface area contributed by atoms with Gasteiger partial charge < -0.3 is 14.4 Å². The Morgan fingerprint density at radius 3 is 2.41 bits per heavy atom. The summed E-state index contributed by atoms with van der Waals surface area (Å²) in [6.45, 7) is 1.64. The minimum absolute atomic E-state index is 0.197. The van der Waals surface area contributed by atoms with Gasteiger partial charge in [0.05, 0.1) is 12.1 Å². The molecule has 0 spiro atoms. The SMILES string of the molecule is CCOC(=O)Cn1c(=O)cc(-c2cccc(Cl)c2)c2cc(C(O)(c3ccc(Cl)cc3)c3nncn3C)ccc21. The average molecular weight is 563 g/mol. The summed E-state index contributed by atoms with van der Waals surface area (Å²) < 4.78 is 8.10. The Morgan fingerprint density at radius 1 is 1.00 bits per heavy atom. The molecular formula is C29H24Cl2N4O4. The molecule has 10 heteroatoms. The lowest BCUT2D eigenvalue weighted by Crippen LogP contribution is -2.32. The first-order valence-electron chi connectivity index (χ1n) is 12.1. The third-order valence-corrected chi connectivity index (χ3v) is 7.04. The number of esters is 1. The number of carbonyl (C=O) groups excluding carboxylic acids is 1. The Bertz CT molecular complexity index is 1750. The van der Waals surface area contributed by atoms with Crippen molar-refractivity contribution < 1.29 is 14.6 Å². The van der Waals surface area contributed by atoms with Crippen LogP contribution in [-0.4, -0.2) is 37.0 Å². The molecule has 1 unspecified atom stereocenters. The van der Waals surface area contributed by atoms with E-state index >= 15 is 0 Å². The number of ether oxygens (including phenoxy) is 1. The van der Waals surface area contributed by atoms with E-state index < -0.39 is 11.6 Å². The van der Waals surface area contributed by atoms with Gasteiger partial charge in [0.25, 0.3) is 5.56 Å². The number of pyridine rings is 1. The number of aryl methyl sites for hydroxylation is 1. The van der Waals surface area contributed by atoms with Crippen molar-refractivity contribution in [3.63, 3.8) is 0 Å². The number of hydrogen-bond acceptors (Lipinski definition) is 6. The van der Waals surface area contributed by atoms with E-state index in [0.29, 0.717) is 43.2 Å². The van der Waals surface area contributed by atoms with Crippen LogP contribution in [-0.2, 0) is 28.7 Å². The van der Waals surface area contributed by atoms with Crippen molar-refractivity contribution in [2.24, 2.45) is 7.05 Å². The molecule has 39 heavy (non-hydrogen) atoms. The van der Waals surface area contributed by atoms with Gasteiger partial charge in [0.15, 0.2) is 11.4 Å². The Hall–Kier alpha value is -3.98. The predicted octanol–water partition coefficient (Wildman–Crippen LogP) is 4.95. The molecule has 0 radical (unpaired) electrons. The number of carbonyl (C=O) groups is 1. The number of benzene rings is 3. The van der Waals surface area contributed by atoms with Crippen LogP contribution in [0, 0.1) is 0 Å². The zero-order valence-corrected chi connectivity index (χ0v) is 22.6. The van der Waals surface area contributed by atoms with Crippen LogP contribution in [0.5, 0.6) is 0 Å². The Balaban J connectivity index is 1.82. The number of rotatable bonds is 7. The second-order valence-corrected chi connectivity index (χ2v) is 9.89. The summed E-state index contributed by atoms with van der Waals surface area (Å²) in [7, 11) is 1.74. The molecule has 5 rings (SSSR count). The molecule has 3 aromatic carbocycles. The van der Waals surface area contributed by atoms with E-state index in [-0.39, 0.29) is 24.5 Å². The van der Waals surface area contributed by atoms with Crippen molar-refractivity contribution in [3.8, 4) is 11.1 Å². The highest BCUT2D eigenvalue weighted by molar-refractivity contribution is 6.31. The summed E-state index contributed by atoms with van der Waals surface area (Å²) >= 11 is 12.4. The van der Waals surface area contributed by atoms with Crippen LogP contribution in [0.4, 0.5) is 0 Å². The van der Waals surface area contributed by atoms with Crippen molar-refractivity contribution in [3.05, 3.63) is 116 Å². The second kappa shape index (κ2) is 10.6. The molecule has 0 aliphatic rings. The maximum absolute atomic E-state index is 13.3. The molecule has 0 bridgehead atoms. The molecule has 0 amide bonds. The molecule has 0 saturated carbocycles. The van der Waals surface area contributed by atoms with Gasteiger partial charge in [-0.25, -0.2) is 0 Å². The van der Waals surface area contributed by atoms with Crippen molar-refractivity contribution in [2.75, 3.05) is 6.61 Å². The number of nitrogens with zero attached hydrogens (tertiary/aromatic N) is 4. The van der Waals surface area contributed by atoms with Crippen LogP contribution in [0.1, 0.15) is 23.9 Å². The van der Waals surface area contributed by atoms with Crippen molar-refractivity contribution in [2.45, 2.75) is 19.1 Å². The molecule has 198 valence electrons. The Kier molecular flexibility index (Phi) is 7.27. The van der Waals surface area contributed by atoms with Crippen LogP contribution in [0.25, 0.3) is 22.0 Å². The van der Waals surface area contributed by atoms with Crippen LogP contribution < -0.4 is 5.56 Å². The summed E-state index contributed by atoms with van der Waals surface area (Å²) in [5, 5.41) is 22.2. The highest BCUT2D eigenvalue weighted by atomic mass is 35.5. The zero-order chi connectivity index (χ0) is 27.7. The zero-order valence-electron chi connectivity index (χ0n) is 21.1. The lowest BCUT2D eigenvalue weighted by Gasteiger charge is -2.29. The normalized spacial score (nSPS) is 12.8. The van der Waals surface area contributed by atoms with Crippen LogP contribution in [0.15, 0.2) is 83.9 Å². The van der Waals surface area contributed by atoms with E-state index in [1.165, 1.54) is 17.0 Å². The number of aromatic nitrogens is 4. The summed E-state index contributed by atoms with van der Waals surface area (Å²) in [4.78, 5) is 25.6. The van der Waals surface area contributed by atoms with Gasteiger partial charge in [-0.1, -0.05) is 53.5 Å². The summed E-state index contributed by atoms with van der Waals surface area (Å²) in [5.74, 6) is -0.245. The minimum Gasteiger partial charge on any atom is -0.465 e. The molecular weight excluding hydrogens is 539 g/mol. The largest absolute Gasteiger partial charge is 0.465 e. The van der Waals surface area contributed by atoms with Gasteiger partial charge in [0.2, 0.25) is 0 Å². The maximum atomic E-state index is 13.3. The molecule has 2 aromatic heterocycles. The van der Waals surface area contributed by atoms with E-state index in [2.05, 4.69) is 10.2 Å². The Morgan fingerprint density at radius 2 is 1.74 bits per heavy atom. The van der Waals surface area contributed by atoms with E-state index in [4.69, 9.17) is 27.9 Å². The monoisotopic (exact) mass is 562 g/mol. The van der Waals surface area contributed by atoms with Gasteiger partial charge in [-0.05, 0) is 65.6 Å². The van der Waals surface area contributed by atoms with Gasteiger partial charge in [-0.3, -0.25) is 14.2 Å². The lowest BCUT2D eigenvalue weighted by atomic mass is 9.84. The summed E-state index contributed by atoms with van der Waals surface area (Å²) in [6.07, 6.45) is 1.51. The molecule has 0 saturated heterocycles. The molecule has 0 aliphatic carbocycles. The topological polar surface area (TPSA) is 99.2 Å². The van der Waals surface area contributed by atoms with E-state index in [0.717, 1.165) is 0 Å². The van der Waals surface area contributed by atoms with Crippen molar-refractivity contribution >= 4 is 40.1 Å². The fraction of sp³-hybridized carbons (Fsp3) is 0.172. The molecule has 0 fully saturated rings. The highest BCUT2D eigenvalue weighted by Crippen LogP contribution is 2.39. The third-order valence-electron chi connectivity index (χ3n) is 6.55. The van der Waals surface area contributed by atoms with Crippen molar-refractivity contribution in [1.29, 1.82) is 0 Å². The molecule has 1 N–H and O–H groups in total. The summed E-state index contributed by atoms with van der Waals surface area (Å²) in [5.41, 5.74) is 0.682. The number of hydrogen-bond donors (Lipinski definition) is 1. The molecule has 5 aromatic rings. The number of halogens is 2. The first kappa shape index (κ1) is 26.6. The first-order chi connectivity index (χ1) is 18.7. The lowest BCUT2D eigenvalue weighted by molar-refractivity contribution is -0.143. The quantitative estimate of drug-likeness (QED) is 0.282. The van der Waals surface area contributed by atoms with Crippen molar-refractivity contribution in [1.82, 2.24) is 19.3 Å². The standard InChI is InChI=1S/C29H24Cl2N4O4/c1-3-39-27(37)16-35-25-12-9-20(14-24(25)23(15-26(35)36)18-5-4-6-22(31)13-18)29(38,28-33-32-17-34(28)2)19-7-10-21(30)11-8-19/h4-15,17,38H,3,16H2,1-2H3. The number of aliphatic hydroxyl groups is 1. The van der Waals surface area contributed by atoms with Crippen LogP contribution in [0.3, 0.4) is 0 Å². The maximum Gasteiger partial charge on any atom is 0.326 e. The van der Waals surface area contributed by atoms with Crippen LogP contribution >= 0.6 is 23.2 Å². The fourth-order valence-corrected chi connectivity index (χ4v) is 5.05. The highest BCUT2D eigenvalue weighted by Gasteiger charge is 2.38. The smallest absolute Gasteiger partial charge is 0.326 e. The first-order valence-corrected chi connectivity index (χ1v) is 12.9. The van der Waals surface area contributed by atoms with Gasteiger partial charge in [0, 0.05) is 28.5 Å². The number of fused-ring (bicyclic) bond motifs is 1. The van der Waals surface area contributed by atoms with Gasteiger partial charge >= 0.3 is 5.97 Å². The molecule has 1 atom stereocenters. The molecule has 2 heterocycles. The average Bonchev–Trinajstić information content (AvgIpc) is 3.36. The third kappa shape index (κ3) is 4.94. The van der Waals surface area contributed by atoms with Gasteiger partial charge in [-0.15, -0.1) is 10.2 Å². The van der Waals surface area contributed by atoms with Crippen LogP contribution in [0.2, 0.25) is 10.0 Å². The van der Waals surface area contributed by atoms with Gasteiger partial charge in [0.1, 0.15) is 12.9 Å². The predicted molar refractivity (Wildman–Crippen MR) is 150 cm³/mol. The Labute approximate surface area is 234 Å². The van der Waals surface area contributed by atoms with E-state index in [9.17, 15) is 14.7 Å².